The van der Waals surface area contributed by atoms with Gasteiger partial charge in [0.2, 0.25) is 0 Å². The van der Waals surface area contributed by atoms with Gasteiger partial charge in [0.05, 0.1) is 31.5 Å². The molecule has 1 aliphatic heterocycles. The van der Waals surface area contributed by atoms with Gasteiger partial charge in [-0.15, -0.1) is 0 Å². The van der Waals surface area contributed by atoms with Crippen molar-refractivity contribution in [1.29, 1.82) is 0 Å². The normalized spacial score (nSPS) is 23.8. The van der Waals surface area contributed by atoms with Gasteiger partial charge >= 0.3 is 0 Å². The van der Waals surface area contributed by atoms with Crippen molar-refractivity contribution in [1.82, 2.24) is 0 Å². The fourth-order valence-electron chi connectivity index (χ4n) is 4.65. The summed E-state index contributed by atoms with van der Waals surface area (Å²) >= 11 is 3.87. The zero-order valence-electron chi connectivity index (χ0n) is 16.9. The van der Waals surface area contributed by atoms with Crippen LogP contribution < -0.4 is 4.74 Å². The third-order valence-corrected chi connectivity index (χ3v) is 6.99. The van der Waals surface area contributed by atoms with E-state index < -0.39 is 6.10 Å². The standard InChI is InChI=1S/C24H29BrO4/c1-2-28-18-8-6-15(7-9-18)10-16-11-22(20-4-3-5-21(20)24(16)25)23-13-17(27)12-19(14-26)29-23/h6-9,11,17,19,23,26-27H,2-5,10,12-14H2,1H3. The predicted octanol–water partition coefficient (Wildman–Crippen LogP) is 4.50. The molecule has 1 fully saturated rings. The zero-order chi connectivity index (χ0) is 20.4. The summed E-state index contributed by atoms with van der Waals surface area (Å²) in [5.41, 5.74) is 6.42. The van der Waals surface area contributed by atoms with Crippen molar-refractivity contribution in [2.45, 2.75) is 63.8 Å². The van der Waals surface area contributed by atoms with Crippen molar-refractivity contribution in [3.8, 4) is 5.75 Å². The van der Waals surface area contributed by atoms with E-state index in [0.29, 0.717) is 19.4 Å². The van der Waals surface area contributed by atoms with Gasteiger partial charge in [0.15, 0.2) is 0 Å². The highest BCUT2D eigenvalue weighted by Crippen LogP contribution is 2.42. The molecule has 0 amide bonds. The van der Waals surface area contributed by atoms with E-state index in [9.17, 15) is 10.2 Å². The molecule has 5 heteroatoms. The molecular weight excluding hydrogens is 432 g/mol. The first kappa shape index (κ1) is 20.9. The minimum Gasteiger partial charge on any atom is -0.494 e. The number of rotatable bonds is 6. The Morgan fingerprint density at radius 1 is 1.14 bits per heavy atom. The average molecular weight is 461 g/mol. The number of fused-ring (bicyclic) bond motifs is 1. The molecule has 0 bridgehead atoms. The molecule has 29 heavy (non-hydrogen) atoms. The van der Waals surface area contributed by atoms with Crippen LogP contribution in [0.25, 0.3) is 0 Å². The molecule has 2 aliphatic rings. The van der Waals surface area contributed by atoms with Crippen LogP contribution in [-0.2, 0) is 24.0 Å². The Bertz CT molecular complexity index is 849. The van der Waals surface area contributed by atoms with Gasteiger partial charge < -0.3 is 19.7 Å². The van der Waals surface area contributed by atoms with Crippen molar-refractivity contribution in [3.05, 3.63) is 62.6 Å². The van der Waals surface area contributed by atoms with Crippen LogP contribution >= 0.6 is 15.9 Å². The van der Waals surface area contributed by atoms with Crippen LogP contribution in [0, 0.1) is 0 Å². The molecule has 0 saturated carbocycles. The lowest BCUT2D eigenvalue weighted by molar-refractivity contribution is -0.114. The van der Waals surface area contributed by atoms with E-state index in [1.165, 1.54) is 32.3 Å². The van der Waals surface area contributed by atoms with E-state index in [1.807, 2.05) is 19.1 Å². The topological polar surface area (TPSA) is 58.9 Å². The average Bonchev–Trinajstić information content (AvgIpc) is 3.21. The third-order valence-electron chi connectivity index (χ3n) is 6.00. The van der Waals surface area contributed by atoms with Crippen LogP contribution in [0.2, 0.25) is 0 Å². The summed E-state index contributed by atoms with van der Waals surface area (Å²) in [5.74, 6) is 0.893. The summed E-state index contributed by atoms with van der Waals surface area (Å²) in [6.45, 7) is 2.61. The molecule has 2 aromatic rings. The monoisotopic (exact) mass is 460 g/mol. The smallest absolute Gasteiger partial charge is 0.119 e. The highest BCUT2D eigenvalue weighted by atomic mass is 79.9. The summed E-state index contributed by atoms with van der Waals surface area (Å²) in [5, 5.41) is 19.9. The van der Waals surface area contributed by atoms with Crippen molar-refractivity contribution in [3.63, 3.8) is 0 Å². The second-order valence-electron chi connectivity index (χ2n) is 8.06. The molecule has 3 atom stereocenters. The van der Waals surface area contributed by atoms with Crippen molar-refractivity contribution < 1.29 is 19.7 Å². The zero-order valence-corrected chi connectivity index (χ0v) is 18.5. The van der Waals surface area contributed by atoms with E-state index in [2.05, 4.69) is 34.1 Å². The Morgan fingerprint density at radius 3 is 2.62 bits per heavy atom. The number of benzene rings is 2. The minimum atomic E-state index is -0.429. The molecule has 2 aromatic carbocycles. The molecule has 156 valence electrons. The van der Waals surface area contributed by atoms with Crippen LogP contribution in [0.5, 0.6) is 5.75 Å². The van der Waals surface area contributed by atoms with Gasteiger partial charge in [0.1, 0.15) is 5.75 Å². The van der Waals surface area contributed by atoms with Crippen LogP contribution in [0.3, 0.4) is 0 Å². The Hall–Kier alpha value is -1.40. The van der Waals surface area contributed by atoms with Crippen LogP contribution in [-0.4, -0.2) is 35.6 Å². The number of ether oxygens (including phenoxy) is 2. The lowest BCUT2D eigenvalue weighted by Crippen LogP contribution is -2.34. The summed E-state index contributed by atoms with van der Waals surface area (Å²) in [6.07, 6.45) is 4.30. The minimum absolute atomic E-state index is 0.0503. The van der Waals surface area contributed by atoms with E-state index in [-0.39, 0.29) is 18.8 Å². The fraction of sp³-hybridized carbons (Fsp3) is 0.500. The summed E-state index contributed by atoms with van der Waals surface area (Å²) < 4.78 is 12.9. The quantitative estimate of drug-likeness (QED) is 0.665. The lowest BCUT2D eigenvalue weighted by atomic mass is 9.89. The number of aliphatic hydroxyl groups is 2. The molecule has 1 heterocycles. The molecule has 0 spiro atoms. The Kier molecular flexibility index (Phi) is 6.60. The summed E-state index contributed by atoms with van der Waals surface area (Å²) in [7, 11) is 0. The first-order valence-corrected chi connectivity index (χ1v) is 11.4. The molecule has 0 radical (unpaired) electrons. The van der Waals surface area contributed by atoms with Crippen molar-refractivity contribution in [2.75, 3.05) is 13.2 Å². The SMILES string of the molecule is CCOc1ccc(Cc2cc(C3CC(O)CC(CO)O3)c3c(c2Br)CCC3)cc1. The molecule has 0 aromatic heterocycles. The number of aliphatic hydroxyl groups excluding tert-OH is 2. The van der Waals surface area contributed by atoms with Gasteiger partial charge in [-0.1, -0.05) is 34.1 Å². The Labute approximate surface area is 181 Å². The highest BCUT2D eigenvalue weighted by molar-refractivity contribution is 9.10. The van der Waals surface area contributed by atoms with E-state index in [4.69, 9.17) is 9.47 Å². The van der Waals surface area contributed by atoms with Gasteiger partial charge in [-0.2, -0.15) is 0 Å². The first-order valence-electron chi connectivity index (χ1n) is 10.6. The second-order valence-corrected chi connectivity index (χ2v) is 8.85. The maximum absolute atomic E-state index is 10.3. The van der Waals surface area contributed by atoms with Gasteiger partial charge in [0, 0.05) is 17.3 Å². The first-order chi connectivity index (χ1) is 14.1. The van der Waals surface area contributed by atoms with Gasteiger partial charge in [-0.05, 0) is 72.6 Å². The van der Waals surface area contributed by atoms with Crippen LogP contribution in [0.15, 0.2) is 34.8 Å². The third kappa shape index (κ3) is 4.53. The number of hydrogen-bond acceptors (Lipinski definition) is 4. The summed E-state index contributed by atoms with van der Waals surface area (Å²) in [4.78, 5) is 0. The van der Waals surface area contributed by atoms with Gasteiger partial charge in [-0.3, -0.25) is 0 Å². The molecule has 1 saturated heterocycles. The maximum atomic E-state index is 10.3. The van der Waals surface area contributed by atoms with Gasteiger partial charge in [0.25, 0.3) is 0 Å². The Morgan fingerprint density at radius 2 is 1.90 bits per heavy atom. The van der Waals surface area contributed by atoms with E-state index in [1.54, 1.807) is 0 Å². The number of halogens is 1. The van der Waals surface area contributed by atoms with Crippen LogP contribution in [0.1, 0.15) is 60.1 Å². The summed E-state index contributed by atoms with van der Waals surface area (Å²) in [6, 6.07) is 10.5. The van der Waals surface area contributed by atoms with E-state index >= 15 is 0 Å². The fourth-order valence-corrected chi connectivity index (χ4v) is 5.34. The van der Waals surface area contributed by atoms with Crippen molar-refractivity contribution >= 4 is 15.9 Å². The van der Waals surface area contributed by atoms with Crippen molar-refractivity contribution in [2.24, 2.45) is 0 Å². The van der Waals surface area contributed by atoms with Crippen LogP contribution in [0.4, 0.5) is 0 Å². The van der Waals surface area contributed by atoms with Gasteiger partial charge in [-0.25, -0.2) is 0 Å². The second kappa shape index (κ2) is 9.17. The predicted molar refractivity (Wildman–Crippen MR) is 117 cm³/mol. The van der Waals surface area contributed by atoms with E-state index in [0.717, 1.165) is 31.4 Å². The molecular formula is C24H29BrO4. The molecule has 2 N–H and O–H groups in total. The molecule has 4 rings (SSSR count). The molecule has 3 unspecified atom stereocenters. The molecule has 1 aliphatic carbocycles. The Balaban J connectivity index is 1.65. The lowest BCUT2D eigenvalue weighted by Gasteiger charge is -2.34. The number of hydrogen-bond donors (Lipinski definition) is 2. The largest absolute Gasteiger partial charge is 0.494 e. The highest BCUT2D eigenvalue weighted by Gasteiger charge is 2.32. The molecule has 4 nitrogen and oxygen atoms in total. The maximum Gasteiger partial charge on any atom is 0.119 e.